The second kappa shape index (κ2) is 4.82. The lowest BCUT2D eigenvalue weighted by molar-refractivity contribution is -0.116. The van der Waals surface area contributed by atoms with E-state index in [1.54, 1.807) is 6.92 Å². The van der Waals surface area contributed by atoms with E-state index in [-0.39, 0.29) is 6.42 Å². The van der Waals surface area contributed by atoms with Crippen LogP contribution < -0.4 is 5.32 Å². The Morgan fingerprint density at radius 1 is 1.27 bits per heavy atom. The van der Waals surface area contributed by atoms with E-state index >= 15 is 0 Å². The average Bonchev–Trinajstić information content (AvgIpc) is 2.11. The Kier molecular flexibility index (Phi) is 3.71. The van der Waals surface area contributed by atoms with Gasteiger partial charge in [0.1, 0.15) is 11.5 Å². The van der Waals surface area contributed by atoms with E-state index in [1.165, 1.54) is 0 Å². The molecule has 0 saturated heterocycles. The number of anilines is 1. The lowest BCUT2D eigenvalue weighted by atomic mass is 10.2. The fourth-order valence-electron chi connectivity index (χ4n) is 1.09. The Balaban J connectivity index is 2.90. The smallest absolute Gasteiger partial charge is 0.224 e. The van der Waals surface area contributed by atoms with Gasteiger partial charge in [-0.2, -0.15) is 0 Å². The molecule has 5 heteroatoms. The number of rotatable bonds is 3. The number of benzene rings is 1. The van der Waals surface area contributed by atoms with Crippen LogP contribution in [0.25, 0.3) is 0 Å². The van der Waals surface area contributed by atoms with E-state index < -0.39 is 29.0 Å². The fourth-order valence-corrected chi connectivity index (χ4v) is 1.09. The molecular weight excluding hydrogens is 207 g/mol. The molecule has 1 amide bonds. The predicted molar refractivity (Wildman–Crippen MR) is 49.9 cm³/mol. The van der Waals surface area contributed by atoms with E-state index in [9.17, 15) is 18.0 Å². The molecule has 1 aromatic rings. The monoisotopic (exact) mass is 217 g/mol. The number of nitrogens with one attached hydrogen (secondary N) is 1. The van der Waals surface area contributed by atoms with Crippen molar-refractivity contribution < 1.29 is 18.0 Å². The fraction of sp³-hybridized carbons (Fsp3) is 0.300. The van der Waals surface area contributed by atoms with Crippen LogP contribution in [0.2, 0.25) is 0 Å². The standard InChI is InChI=1S/C10H10F3NO/c1-2-3-9(15)14-10-7(12)4-6(11)5-8(10)13/h4-5H,2-3H2,1H3,(H,14,15). The molecule has 0 aliphatic carbocycles. The molecule has 15 heavy (non-hydrogen) atoms. The topological polar surface area (TPSA) is 29.1 Å². The van der Waals surface area contributed by atoms with Crippen molar-refractivity contribution in [2.45, 2.75) is 19.8 Å². The van der Waals surface area contributed by atoms with E-state index in [2.05, 4.69) is 5.32 Å². The van der Waals surface area contributed by atoms with Crippen LogP contribution in [0.1, 0.15) is 19.8 Å². The minimum Gasteiger partial charge on any atom is -0.321 e. The lowest BCUT2D eigenvalue weighted by Crippen LogP contribution is -2.13. The molecule has 0 unspecified atom stereocenters. The molecule has 82 valence electrons. The molecule has 0 aliphatic heterocycles. The molecule has 2 nitrogen and oxygen atoms in total. The first-order valence-corrected chi connectivity index (χ1v) is 4.49. The van der Waals surface area contributed by atoms with Crippen molar-refractivity contribution in [2.75, 3.05) is 5.32 Å². The number of hydrogen-bond acceptors (Lipinski definition) is 1. The molecule has 0 atom stereocenters. The number of carbonyl (C=O) groups is 1. The van der Waals surface area contributed by atoms with Gasteiger partial charge < -0.3 is 5.32 Å². The van der Waals surface area contributed by atoms with Crippen molar-refractivity contribution in [2.24, 2.45) is 0 Å². The van der Waals surface area contributed by atoms with Gasteiger partial charge >= 0.3 is 0 Å². The highest BCUT2D eigenvalue weighted by Crippen LogP contribution is 2.20. The summed E-state index contributed by atoms with van der Waals surface area (Å²) in [5, 5.41) is 2.05. The molecule has 0 bridgehead atoms. The molecule has 1 rings (SSSR count). The van der Waals surface area contributed by atoms with Crippen LogP contribution in [0.3, 0.4) is 0 Å². The van der Waals surface area contributed by atoms with Crippen LogP contribution in [0.4, 0.5) is 18.9 Å². The molecule has 0 spiro atoms. The van der Waals surface area contributed by atoms with Gasteiger partial charge in [0, 0.05) is 18.6 Å². The van der Waals surface area contributed by atoms with Crippen molar-refractivity contribution in [1.29, 1.82) is 0 Å². The highest BCUT2D eigenvalue weighted by atomic mass is 19.1. The summed E-state index contributed by atoms with van der Waals surface area (Å²) < 4.78 is 38.5. The van der Waals surface area contributed by atoms with Gasteiger partial charge in [0.05, 0.1) is 0 Å². The zero-order valence-corrected chi connectivity index (χ0v) is 8.11. The van der Waals surface area contributed by atoms with Gasteiger partial charge in [0.15, 0.2) is 11.6 Å². The van der Waals surface area contributed by atoms with Crippen LogP contribution in [0, 0.1) is 17.5 Å². The summed E-state index contributed by atoms with van der Waals surface area (Å²) in [7, 11) is 0. The second-order valence-corrected chi connectivity index (χ2v) is 3.04. The van der Waals surface area contributed by atoms with E-state index in [0.717, 1.165) is 0 Å². The van der Waals surface area contributed by atoms with Crippen molar-refractivity contribution in [3.63, 3.8) is 0 Å². The van der Waals surface area contributed by atoms with Gasteiger partial charge in [-0.15, -0.1) is 0 Å². The average molecular weight is 217 g/mol. The second-order valence-electron chi connectivity index (χ2n) is 3.04. The van der Waals surface area contributed by atoms with Crippen molar-refractivity contribution in [1.82, 2.24) is 0 Å². The lowest BCUT2D eigenvalue weighted by Gasteiger charge is -2.06. The summed E-state index contributed by atoms with van der Waals surface area (Å²) >= 11 is 0. The van der Waals surface area contributed by atoms with E-state index in [4.69, 9.17) is 0 Å². The van der Waals surface area contributed by atoms with Crippen LogP contribution >= 0.6 is 0 Å². The Labute approximate surface area is 85.1 Å². The van der Waals surface area contributed by atoms with Gasteiger partial charge in [0.2, 0.25) is 5.91 Å². The third kappa shape index (κ3) is 2.97. The third-order valence-corrected chi connectivity index (χ3v) is 1.75. The maximum absolute atomic E-state index is 13.0. The minimum absolute atomic E-state index is 0.163. The molecule has 0 aromatic heterocycles. The Hall–Kier alpha value is -1.52. The first-order chi connectivity index (χ1) is 7.04. The summed E-state index contributed by atoms with van der Waals surface area (Å²) in [6, 6.07) is 1.04. The molecule has 0 radical (unpaired) electrons. The van der Waals surface area contributed by atoms with Gasteiger partial charge in [-0.05, 0) is 6.42 Å². The summed E-state index contributed by atoms with van der Waals surface area (Å²) in [6.45, 7) is 1.76. The first kappa shape index (κ1) is 11.6. The molecule has 0 aliphatic rings. The highest BCUT2D eigenvalue weighted by molar-refractivity contribution is 5.90. The van der Waals surface area contributed by atoms with Crippen molar-refractivity contribution >= 4 is 11.6 Å². The summed E-state index contributed by atoms with van der Waals surface area (Å²) in [6.07, 6.45) is 0.729. The SMILES string of the molecule is CCCC(=O)Nc1c(F)cc(F)cc1F. The van der Waals surface area contributed by atoms with E-state index in [1.807, 2.05) is 0 Å². The quantitative estimate of drug-likeness (QED) is 0.828. The number of hydrogen-bond donors (Lipinski definition) is 1. The summed E-state index contributed by atoms with van der Waals surface area (Å²) in [4.78, 5) is 11.1. The van der Waals surface area contributed by atoms with Gasteiger partial charge in [-0.3, -0.25) is 4.79 Å². The molecule has 1 N–H and O–H groups in total. The Morgan fingerprint density at radius 2 is 1.80 bits per heavy atom. The largest absolute Gasteiger partial charge is 0.321 e. The highest BCUT2D eigenvalue weighted by Gasteiger charge is 2.13. The predicted octanol–water partition coefficient (Wildman–Crippen LogP) is 2.84. The molecule has 0 heterocycles. The van der Waals surface area contributed by atoms with Crippen molar-refractivity contribution in [3.8, 4) is 0 Å². The van der Waals surface area contributed by atoms with Gasteiger partial charge in [-0.1, -0.05) is 6.92 Å². The van der Waals surface area contributed by atoms with Crippen LogP contribution in [0.15, 0.2) is 12.1 Å². The maximum atomic E-state index is 13.0. The zero-order valence-electron chi connectivity index (χ0n) is 8.11. The zero-order chi connectivity index (χ0) is 11.4. The first-order valence-electron chi connectivity index (χ1n) is 4.49. The van der Waals surface area contributed by atoms with Gasteiger partial charge in [-0.25, -0.2) is 13.2 Å². The Bertz CT molecular complexity index is 356. The molecule has 1 aromatic carbocycles. The molecule has 0 saturated carbocycles. The van der Waals surface area contributed by atoms with Gasteiger partial charge in [0.25, 0.3) is 0 Å². The van der Waals surface area contributed by atoms with E-state index in [0.29, 0.717) is 18.6 Å². The third-order valence-electron chi connectivity index (χ3n) is 1.75. The maximum Gasteiger partial charge on any atom is 0.224 e. The van der Waals surface area contributed by atoms with Crippen molar-refractivity contribution in [3.05, 3.63) is 29.6 Å². The van der Waals surface area contributed by atoms with Crippen LogP contribution in [0.5, 0.6) is 0 Å². The summed E-state index contributed by atoms with van der Waals surface area (Å²) in [5.74, 6) is -3.74. The molecule has 0 fully saturated rings. The minimum atomic E-state index is -1.11. The number of carbonyl (C=O) groups excluding carboxylic acids is 1. The summed E-state index contributed by atoms with van der Waals surface area (Å²) in [5.41, 5.74) is -0.602. The normalized spacial score (nSPS) is 10.1. The molecular formula is C10H10F3NO. The van der Waals surface area contributed by atoms with Crippen LogP contribution in [-0.2, 0) is 4.79 Å². The van der Waals surface area contributed by atoms with Crippen LogP contribution in [-0.4, -0.2) is 5.91 Å². The Morgan fingerprint density at radius 3 is 2.27 bits per heavy atom. The number of halogens is 3. The number of amides is 1.